The van der Waals surface area contributed by atoms with Crippen LogP contribution < -0.4 is 10.6 Å². The molecule has 0 aromatic carbocycles. The molecule has 0 bridgehead atoms. The minimum Gasteiger partial charge on any atom is -0.481 e. The largest absolute Gasteiger partial charge is 0.481 e. The summed E-state index contributed by atoms with van der Waals surface area (Å²) in [5, 5.41) is 36.7. The first kappa shape index (κ1) is 44.1. The smallest absolute Gasteiger partial charge is 0.306 e. The number of Topliss-reactive ketones (excluding diaryl/α,β-unsaturated/α-hetero) is 1. The van der Waals surface area contributed by atoms with Crippen molar-refractivity contribution in [1.29, 1.82) is 0 Å². The summed E-state index contributed by atoms with van der Waals surface area (Å²) in [6, 6.07) is -0.570. The number of carboxylic acids is 1. The third kappa shape index (κ3) is 8.32. The maximum absolute atomic E-state index is 14.9. The van der Waals surface area contributed by atoms with Crippen LogP contribution in [0.25, 0.3) is 0 Å². The number of hydrogen-bond acceptors (Lipinski definition) is 6. The highest BCUT2D eigenvalue weighted by Gasteiger charge is 2.73. The molecule has 9 nitrogen and oxygen atoms in total. The van der Waals surface area contributed by atoms with Crippen molar-refractivity contribution in [1.82, 2.24) is 10.6 Å². The fourth-order valence-electron chi connectivity index (χ4n) is 13.8. The van der Waals surface area contributed by atoms with Gasteiger partial charge in [0, 0.05) is 25.3 Å². The van der Waals surface area contributed by atoms with Gasteiger partial charge >= 0.3 is 5.97 Å². The van der Waals surface area contributed by atoms with Gasteiger partial charge in [0.1, 0.15) is 5.78 Å². The molecule has 11 atom stereocenters. The van der Waals surface area contributed by atoms with Crippen LogP contribution in [0.4, 0.5) is 0 Å². The third-order valence-corrected chi connectivity index (χ3v) is 17.2. The van der Waals surface area contributed by atoms with Gasteiger partial charge in [0.05, 0.1) is 30.1 Å². The molecule has 0 aliphatic heterocycles. The van der Waals surface area contributed by atoms with Gasteiger partial charge in [0.15, 0.2) is 0 Å². The SMILES string of the molecule is CC(C)C[C@H](NC(=O)CCCCCCCNC(=O)[C@]12CCC(C)(C)C[C@H]1[C@H]1C(=O)C[C@@H]3[C@@]4(C)CC[C@H](O)C(C)(C)[C@@H]4CC[C@@]3(C)[C@]1(C)CC2)[C@@H](O)CC(=O)O. The van der Waals surface area contributed by atoms with Gasteiger partial charge in [0.25, 0.3) is 0 Å². The number of fused-ring (bicyclic) bond motifs is 7. The van der Waals surface area contributed by atoms with E-state index in [9.17, 15) is 29.4 Å². The Morgan fingerprint density at radius 1 is 0.818 bits per heavy atom. The monoisotopic (exact) mass is 771 g/mol. The van der Waals surface area contributed by atoms with Gasteiger partial charge in [0.2, 0.25) is 11.8 Å². The number of unbranched alkanes of at least 4 members (excludes halogenated alkanes) is 4. The molecular weight excluding hydrogens is 693 g/mol. The molecule has 55 heavy (non-hydrogen) atoms. The molecule has 2 amide bonds. The molecule has 314 valence electrons. The van der Waals surface area contributed by atoms with Crippen molar-refractivity contribution in [2.75, 3.05) is 6.54 Å². The molecular formula is C46H78N2O7. The fourth-order valence-corrected chi connectivity index (χ4v) is 13.8. The maximum Gasteiger partial charge on any atom is 0.306 e. The van der Waals surface area contributed by atoms with Gasteiger partial charge in [-0.15, -0.1) is 0 Å². The van der Waals surface area contributed by atoms with Crippen LogP contribution in [0.15, 0.2) is 0 Å². The van der Waals surface area contributed by atoms with Crippen LogP contribution in [-0.2, 0) is 19.2 Å². The van der Waals surface area contributed by atoms with E-state index in [2.05, 4.69) is 59.1 Å². The third-order valence-electron chi connectivity index (χ3n) is 17.2. The van der Waals surface area contributed by atoms with E-state index in [-0.39, 0.29) is 62.7 Å². The molecule has 5 rings (SSSR count). The molecule has 5 saturated carbocycles. The summed E-state index contributed by atoms with van der Waals surface area (Å²) >= 11 is 0. The normalized spacial score (nSPS) is 38.8. The van der Waals surface area contributed by atoms with E-state index in [0.717, 1.165) is 89.9 Å². The van der Waals surface area contributed by atoms with Gasteiger partial charge in [-0.05, 0) is 128 Å². The van der Waals surface area contributed by atoms with Crippen molar-refractivity contribution in [2.24, 2.45) is 62.1 Å². The predicted molar refractivity (Wildman–Crippen MR) is 216 cm³/mol. The molecule has 0 aromatic heterocycles. The van der Waals surface area contributed by atoms with Crippen LogP contribution in [0.5, 0.6) is 0 Å². The number of aliphatic carboxylic acids is 1. The molecule has 0 unspecified atom stereocenters. The zero-order valence-electron chi connectivity index (χ0n) is 36.0. The molecule has 0 spiro atoms. The number of aliphatic hydroxyl groups excluding tert-OH is 2. The zero-order chi connectivity index (χ0) is 40.8. The standard InChI is InChI=1S/C46H78N2O7/c1-29(2)25-31(32(49)27-38(53)54)48-37(52)15-13-11-10-12-14-24-47-40(55)46-22-20-41(3,4)28-30(46)39-33(50)26-35-43(7)18-17-36(51)42(5,6)34(43)16-19-44(35,8)45(39,9)21-23-46/h29-32,34-36,39,49,51H,10-28H2,1-9H3,(H,47,55)(H,48,52)(H,53,54)/t30-,31-,32-,34-,35+,36-,39-,43-,44+,45+,46-/m0/s1. The first-order chi connectivity index (χ1) is 25.5. The van der Waals surface area contributed by atoms with Crippen molar-refractivity contribution in [3.63, 3.8) is 0 Å². The molecule has 0 aromatic rings. The van der Waals surface area contributed by atoms with Gasteiger partial charge in [-0.25, -0.2) is 0 Å². The zero-order valence-corrected chi connectivity index (χ0v) is 36.0. The Kier molecular flexibility index (Phi) is 13.1. The topological polar surface area (TPSA) is 153 Å². The second-order valence-corrected chi connectivity index (χ2v) is 21.9. The van der Waals surface area contributed by atoms with Gasteiger partial charge in [-0.3, -0.25) is 19.2 Å². The molecule has 5 aliphatic carbocycles. The van der Waals surface area contributed by atoms with E-state index >= 15 is 0 Å². The summed E-state index contributed by atoms with van der Waals surface area (Å²) in [7, 11) is 0. The van der Waals surface area contributed by atoms with E-state index in [0.29, 0.717) is 43.4 Å². The number of carboxylic acid groups (broad SMARTS) is 1. The minimum absolute atomic E-state index is 0.0114. The number of ketones is 1. The highest BCUT2D eigenvalue weighted by molar-refractivity contribution is 5.88. The van der Waals surface area contributed by atoms with Crippen molar-refractivity contribution >= 4 is 23.6 Å². The average molecular weight is 771 g/mol. The lowest BCUT2D eigenvalue weighted by Gasteiger charge is -2.72. The molecule has 0 radical (unpaired) electrons. The minimum atomic E-state index is -1.11. The summed E-state index contributed by atoms with van der Waals surface area (Å²) in [4.78, 5) is 53.0. The number of carbonyl (C=O) groups excluding carboxylic acids is 3. The second kappa shape index (κ2) is 16.3. The molecule has 5 aliphatic rings. The predicted octanol–water partition coefficient (Wildman–Crippen LogP) is 8.23. The Balaban J connectivity index is 1.17. The quantitative estimate of drug-likeness (QED) is 0.105. The molecule has 0 saturated heterocycles. The van der Waals surface area contributed by atoms with Crippen molar-refractivity contribution in [3.8, 4) is 0 Å². The Morgan fingerprint density at radius 3 is 2.15 bits per heavy atom. The van der Waals surface area contributed by atoms with Crippen LogP contribution in [-0.4, -0.2) is 63.7 Å². The lowest BCUT2D eigenvalue weighted by molar-refractivity contribution is -0.244. The second-order valence-electron chi connectivity index (χ2n) is 21.9. The Morgan fingerprint density at radius 2 is 1.47 bits per heavy atom. The summed E-state index contributed by atoms with van der Waals surface area (Å²) < 4.78 is 0. The number of nitrogens with one attached hydrogen (secondary N) is 2. The van der Waals surface area contributed by atoms with E-state index in [4.69, 9.17) is 5.11 Å². The van der Waals surface area contributed by atoms with Gasteiger partial charge in [-0.2, -0.15) is 0 Å². The Bertz CT molecular complexity index is 1430. The summed E-state index contributed by atoms with van der Waals surface area (Å²) in [6.45, 7) is 21.2. The summed E-state index contributed by atoms with van der Waals surface area (Å²) in [5.74, 6) is 0.171. The molecule has 5 fully saturated rings. The van der Waals surface area contributed by atoms with Crippen molar-refractivity contribution in [3.05, 3.63) is 0 Å². The van der Waals surface area contributed by atoms with Crippen LogP contribution in [0, 0.1) is 62.1 Å². The Hall–Kier alpha value is -2.00. The van der Waals surface area contributed by atoms with Crippen LogP contribution >= 0.6 is 0 Å². The first-order valence-corrected chi connectivity index (χ1v) is 22.2. The first-order valence-electron chi connectivity index (χ1n) is 22.2. The molecule has 0 heterocycles. The molecule has 9 heteroatoms. The lowest BCUT2D eigenvalue weighted by Crippen LogP contribution is -2.70. The van der Waals surface area contributed by atoms with Crippen molar-refractivity contribution < 1.29 is 34.5 Å². The maximum atomic E-state index is 14.9. The number of rotatable bonds is 15. The lowest BCUT2D eigenvalue weighted by atomic mass is 9.31. The number of carbonyl (C=O) groups is 4. The van der Waals surface area contributed by atoms with E-state index in [1.807, 2.05) is 13.8 Å². The van der Waals surface area contributed by atoms with Crippen LogP contribution in [0.1, 0.15) is 178 Å². The summed E-state index contributed by atoms with van der Waals surface area (Å²) in [6.07, 6.45) is 12.5. The molecule has 5 N–H and O–H groups in total. The number of hydrogen-bond donors (Lipinski definition) is 5. The highest BCUT2D eigenvalue weighted by Crippen LogP contribution is 2.76. The fraction of sp³-hybridized carbons (Fsp3) is 0.913. The summed E-state index contributed by atoms with van der Waals surface area (Å²) in [5.41, 5.74) is -0.706. The van der Waals surface area contributed by atoms with Gasteiger partial charge < -0.3 is 26.0 Å². The number of aliphatic hydroxyl groups is 2. The van der Waals surface area contributed by atoms with Crippen molar-refractivity contribution in [2.45, 2.75) is 196 Å². The van der Waals surface area contributed by atoms with Gasteiger partial charge in [-0.1, -0.05) is 81.6 Å². The Labute approximate surface area is 332 Å². The number of amides is 2. The van der Waals surface area contributed by atoms with Crippen LogP contribution in [0.3, 0.4) is 0 Å². The van der Waals surface area contributed by atoms with Crippen LogP contribution in [0.2, 0.25) is 0 Å². The van der Waals surface area contributed by atoms with E-state index < -0.39 is 30.0 Å². The van der Waals surface area contributed by atoms with E-state index in [1.54, 1.807) is 0 Å². The highest BCUT2D eigenvalue weighted by atomic mass is 16.4. The average Bonchev–Trinajstić information content (AvgIpc) is 3.07. The van der Waals surface area contributed by atoms with E-state index in [1.165, 1.54) is 0 Å².